The fraction of sp³-hybridized carbons (Fsp3) is 0.471. The highest BCUT2D eigenvalue weighted by Gasteiger charge is 2.17. The van der Waals surface area contributed by atoms with Crippen molar-refractivity contribution in [2.24, 2.45) is 7.05 Å². The van der Waals surface area contributed by atoms with Crippen LogP contribution in [-0.2, 0) is 13.5 Å². The molecule has 1 aromatic carbocycles. The van der Waals surface area contributed by atoms with Crippen LogP contribution in [0.15, 0.2) is 30.3 Å². The number of aryl methyl sites for hydroxylation is 2. The highest BCUT2D eigenvalue weighted by molar-refractivity contribution is 6.31. The van der Waals surface area contributed by atoms with Crippen LogP contribution < -0.4 is 5.32 Å². The molecule has 0 amide bonds. The predicted octanol–water partition coefficient (Wildman–Crippen LogP) is 3.71. The maximum Gasteiger partial charge on any atom is 0.0596 e. The Balaban J connectivity index is 2.24. The van der Waals surface area contributed by atoms with Crippen LogP contribution in [0.3, 0.4) is 0 Å². The van der Waals surface area contributed by atoms with Crippen LogP contribution in [0.1, 0.15) is 36.7 Å². The molecule has 2 aromatic rings. The minimum Gasteiger partial charge on any atom is -0.314 e. The van der Waals surface area contributed by atoms with Crippen LogP contribution in [0, 0.1) is 6.92 Å². The van der Waals surface area contributed by atoms with Crippen molar-refractivity contribution in [3.63, 3.8) is 0 Å². The zero-order valence-corrected chi connectivity index (χ0v) is 14.0. The number of hydrogen-bond acceptors (Lipinski definition) is 2. The van der Waals surface area contributed by atoms with E-state index >= 15 is 0 Å². The second-order valence-corrected chi connectivity index (χ2v) is 6.29. The molecule has 0 spiro atoms. The Bertz CT molecular complexity index is 589. The van der Waals surface area contributed by atoms with Gasteiger partial charge in [-0.3, -0.25) is 4.68 Å². The molecular formula is C17H24ClN3. The number of rotatable bonds is 6. The van der Waals surface area contributed by atoms with Gasteiger partial charge in [0, 0.05) is 36.3 Å². The summed E-state index contributed by atoms with van der Waals surface area (Å²) in [6, 6.07) is 10.7. The molecule has 0 bridgehead atoms. The van der Waals surface area contributed by atoms with Crippen LogP contribution in [0.4, 0.5) is 0 Å². The summed E-state index contributed by atoms with van der Waals surface area (Å²) in [6.45, 7) is 7.27. The Labute approximate surface area is 132 Å². The first kappa shape index (κ1) is 16.1. The lowest BCUT2D eigenvalue weighted by Crippen LogP contribution is -2.29. The van der Waals surface area contributed by atoms with Crippen molar-refractivity contribution in [3.05, 3.63) is 52.3 Å². The number of benzene rings is 1. The Hall–Kier alpha value is -1.32. The van der Waals surface area contributed by atoms with E-state index in [2.05, 4.69) is 42.5 Å². The van der Waals surface area contributed by atoms with Gasteiger partial charge in [0.2, 0.25) is 0 Å². The van der Waals surface area contributed by atoms with Crippen molar-refractivity contribution >= 4 is 11.6 Å². The summed E-state index contributed by atoms with van der Waals surface area (Å²) < 4.78 is 1.97. The highest BCUT2D eigenvalue weighted by atomic mass is 35.5. The summed E-state index contributed by atoms with van der Waals surface area (Å²) in [5.74, 6) is 0.343. The van der Waals surface area contributed by atoms with Crippen molar-refractivity contribution in [2.45, 2.75) is 39.2 Å². The van der Waals surface area contributed by atoms with Gasteiger partial charge in [-0.05, 0) is 31.0 Å². The van der Waals surface area contributed by atoms with E-state index in [9.17, 15) is 0 Å². The fourth-order valence-electron chi connectivity index (χ4n) is 2.58. The lowest BCUT2D eigenvalue weighted by Gasteiger charge is -2.21. The van der Waals surface area contributed by atoms with Crippen LogP contribution in [0.5, 0.6) is 0 Å². The van der Waals surface area contributed by atoms with Crippen molar-refractivity contribution in [3.8, 4) is 0 Å². The Kier molecular flexibility index (Phi) is 5.43. The molecule has 0 aliphatic carbocycles. The number of halogens is 1. The van der Waals surface area contributed by atoms with E-state index in [1.165, 1.54) is 11.3 Å². The fourth-order valence-corrected chi connectivity index (χ4v) is 2.87. The molecule has 1 N–H and O–H groups in total. The molecule has 0 radical (unpaired) electrons. The third-order valence-electron chi connectivity index (χ3n) is 3.67. The van der Waals surface area contributed by atoms with E-state index in [1.54, 1.807) is 0 Å². The number of nitrogens with one attached hydrogen (secondary N) is 1. The Morgan fingerprint density at radius 3 is 2.57 bits per heavy atom. The second kappa shape index (κ2) is 7.10. The molecule has 21 heavy (non-hydrogen) atoms. The van der Waals surface area contributed by atoms with Gasteiger partial charge >= 0.3 is 0 Å². The molecule has 0 saturated heterocycles. The average Bonchev–Trinajstić information content (AvgIpc) is 2.73. The molecular weight excluding hydrogens is 282 g/mol. The summed E-state index contributed by atoms with van der Waals surface area (Å²) in [5, 5.41) is 8.81. The molecule has 1 atom stereocenters. The minimum atomic E-state index is 0.343. The normalized spacial score (nSPS) is 12.9. The van der Waals surface area contributed by atoms with E-state index in [0.29, 0.717) is 12.0 Å². The molecule has 3 nitrogen and oxygen atoms in total. The third kappa shape index (κ3) is 4.32. The van der Waals surface area contributed by atoms with Crippen molar-refractivity contribution < 1.29 is 0 Å². The van der Waals surface area contributed by atoms with Crippen LogP contribution in [0.2, 0.25) is 5.02 Å². The SMILES string of the molecule is Cc1cc(CC(CNC(C)C)c2ccccc2Cl)n(C)n1. The maximum absolute atomic E-state index is 6.40. The van der Waals surface area contributed by atoms with Gasteiger partial charge < -0.3 is 5.32 Å². The Morgan fingerprint density at radius 1 is 1.29 bits per heavy atom. The molecule has 0 aliphatic heterocycles. The van der Waals surface area contributed by atoms with E-state index in [4.69, 9.17) is 11.6 Å². The van der Waals surface area contributed by atoms with E-state index in [0.717, 1.165) is 23.7 Å². The first-order chi connectivity index (χ1) is 9.97. The lowest BCUT2D eigenvalue weighted by atomic mass is 9.93. The predicted molar refractivity (Wildman–Crippen MR) is 89.0 cm³/mol. The third-order valence-corrected chi connectivity index (χ3v) is 4.02. The zero-order chi connectivity index (χ0) is 15.4. The van der Waals surface area contributed by atoms with Crippen LogP contribution in [0.25, 0.3) is 0 Å². The van der Waals surface area contributed by atoms with Gasteiger partial charge in [-0.1, -0.05) is 43.6 Å². The van der Waals surface area contributed by atoms with Crippen LogP contribution in [-0.4, -0.2) is 22.4 Å². The van der Waals surface area contributed by atoms with E-state index in [-0.39, 0.29) is 0 Å². The first-order valence-electron chi connectivity index (χ1n) is 7.44. The van der Waals surface area contributed by atoms with Gasteiger partial charge in [0.25, 0.3) is 0 Å². The minimum absolute atomic E-state index is 0.343. The standard InChI is InChI=1S/C17H24ClN3/c1-12(2)19-11-14(16-7-5-6-8-17(16)18)10-15-9-13(3)20-21(15)4/h5-9,12,14,19H,10-11H2,1-4H3. The van der Waals surface area contributed by atoms with E-state index in [1.807, 2.05) is 30.8 Å². The summed E-state index contributed by atoms with van der Waals surface area (Å²) in [7, 11) is 2.00. The Morgan fingerprint density at radius 2 is 2.00 bits per heavy atom. The topological polar surface area (TPSA) is 29.9 Å². The number of aromatic nitrogens is 2. The molecule has 4 heteroatoms. The second-order valence-electron chi connectivity index (χ2n) is 5.89. The maximum atomic E-state index is 6.40. The number of hydrogen-bond donors (Lipinski definition) is 1. The molecule has 2 rings (SSSR count). The van der Waals surface area contributed by atoms with Crippen molar-refractivity contribution in [1.82, 2.24) is 15.1 Å². The molecule has 1 heterocycles. The first-order valence-corrected chi connectivity index (χ1v) is 7.82. The van der Waals surface area contributed by atoms with Crippen molar-refractivity contribution in [2.75, 3.05) is 6.54 Å². The molecule has 1 aromatic heterocycles. The molecule has 0 fully saturated rings. The molecule has 1 unspecified atom stereocenters. The quantitative estimate of drug-likeness (QED) is 0.882. The van der Waals surface area contributed by atoms with Gasteiger partial charge in [-0.2, -0.15) is 5.10 Å². The summed E-state index contributed by atoms with van der Waals surface area (Å²) in [4.78, 5) is 0. The summed E-state index contributed by atoms with van der Waals surface area (Å²) >= 11 is 6.40. The highest BCUT2D eigenvalue weighted by Crippen LogP contribution is 2.27. The van der Waals surface area contributed by atoms with Gasteiger partial charge in [0.1, 0.15) is 0 Å². The molecule has 0 aliphatic rings. The molecule has 0 saturated carbocycles. The van der Waals surface area contributed by atoms with Gasteiger partial charge in [0.15, 0.2) is 0 Å². The number of nitrogens with zero attached hydrogens (tertiary/aromatic N) is 2. The lowest BCUT2D eigenvalue weighted by molar-refractivity contribution is 0.516. The monoisotopic (exact) mass is 305 g/mol. The van der Waals surface area contributed by atoms with Gasteiger partial charge in [0.05, 0.1) is 5.69 Å². The summed E-state index contributed by atoms with van der Waals surface area (Å²) in [5.41, 5.74) is 3.50. The van der Waals surface area contributed by atoms with Gasteiger partial charge in [-0.25, -0.2) is 0 Å². The smallest absolute Gasteiger partial charge is 0.0596 e. The summed E-state index contributed by atoms with van der Waals surface area (Å²) in [6.07, 6.45) is 0.931. The van der Waals surface area contributed by atoms with Gasteiger partial charge in [-0.15, -0.1) is 0 Å². The van der Waals surface area contributed by atoms with E-state index < -0.39 is 0 Å². The molecule has 114 valence electrons. The average molecular weight is 306 g/mol. The zero-order valence-electron chi connectivity index (χ0n) is 13.2. The van der Waals surface area contributed by atoms with Crippen molar-refractivity contribution in [1.29, 1.82) is 0 Å². The largest absolute Gasteiger partial charge is 0.314 e. The van der Waals surface area contributed by atoms with Crippen LogP contribution >= 0.6 is 11.6 Å².